The van der Waals surface area contributed by atoms with Crippen LogP contribution in [0.5, 0.6) is 5.75 Å². The van der Waals surface area contributed by atoms with Crippen LogP contribution in [0, 0.1) is 0 Å². The summed E-state index contributed by atoms with van der Waals surface area (Å²) < 4.78 is 36.1. The molecular formula is C11H9ClF2O2. The van der Waals surface area contributed by atoms with Crippen LogP contribution in [-0.4, -0.2) is 12.2 Å². The fourth-order valence-corrected chi connectivity index (χ4v) is 1.64. The molecule has 2 nitrogen and oxygen atoms in total. The monoisotopic (exact) mass is 246 g/mol. The Labute approximate surface area is 96.4 Å². The summed E-state index contributed by atoms with van der Waals surface area (Å²) in [5.74, 6) is 0.533. The molecule has 0 amide bonds. The zero-order valence-electron chi connectivity index (χ0n) is 8.30. The molecule has 86 valence electrons. The Morgan fingerprint density at radius 3 is 2.88 bits per heavy atom. The van der Waals surface area contributed by atoms with E-state index in [2.05, 4.69) is 6.58 Å². The van der Waals surface area contributed by atoms with Gasteiger partial charge in [-0.25, -0.2) is 0 Å². The average Bonchev–Trinajstić information content (AvgIpc) is 2.26. The van der Waals surface area contributed by atoms with E-state index < -0.39 is 11.0 Å². The average molecular weight is 247 g/mol. The summed E-state index contributed by atoms with van der Waals surface area (Å²) in [5, 5.41) is -3.47. The number of allylic oxidation sites excluding steroid dienone is 1. The Morgan fingerprint density at radius 1 is 1.44 bits per heavy atom. The van der Waals surface area contributed by atoms with Gasteiger partial charge in [-0.3, -0.25) is 0 Å². The van der Waals surface area contributed by atoms with Gasteiger partial charge in [-0.15, -0.1) is 0 Å². The number of fused-ring (bicyclic) bond motifs is 1. The number of rotatable bonds is 2. The maximum absolute atomic E-state index is 13.0. The van der Waals surface area contributed by atoms with Crippen LogP contribution in [0.4, 0.5) is 8.78 Å². The third-order valence-corrected chi connectivity index (χ3v) is 2.57. The highest BCUT2D eigenvalue weighted by Gasteiger charge is 2.32. The number of halogens is 3. The first-order valence-electron chi connectivity index (χ1n) is 4.59. The molecule has 0 saturated heterocycles. The van der Waals surface area contributed by atoms with Crippen molar-refractivity contribution in [2.45, 2.75) is 12.0 Å². The standard InChI is InChI=1S/C11H9ClF2O2/c1-7(11(12,13)14)8-3-2-4-10-9(8)5-15-6-16-10/h2-4H,1,5-6H2. The lowest BCUT2D eigenvalue weighted by molar-refractivity contribution is -0.0165. The van der Waals surface area contributed by atoms with Crippen LogP contribution in [0.3, 0.4) is 0 Å². The molecule has 0 radical (unpaired) electrons. The maximum atomic E-state index is 13.0. The van der Waals surface area contributed by atoms with Gasteiger partial charge in [-0.2, -0.15) is 8.78 Å². The molecule has 2 rings (SSSR count). The Balaban J connectivity index is 2.46. The molecule has 0 aromatic heterocycles. The van der Waals surface area contributed by atoms with Crippen molar-refractivity contribution < 1.29 is 18.3 Å². The Morgan fingerprint density at radius 2 is 2.19 bits per heavy atom. The molecule has 1 aromatic rings. The van der Waals surface area contributed by atoms with Gasteiger partial charge in [0, 0.05) is 11.1 Å². The lowest BCUT2D eigenvalue weighted by Gasteiger charge is -2.22. The minimum absolute atomic E-state index is 0.125. The van der Waals surface area contributed by atoms with Crippen LogP contribution < -0.4 is 4.74 Å². The van der Waals surface area contributed by atoms with Gasteiger partial charge >= 0.3 is 5.38 Å². The topological polar surface area (TPSA) is 18.5 Å². The van der Waals surface area contributed by atoms with Gasteiger partial charge < -0.3 is 9.47 Å². The summed E-state index contributed by atoms with van der Waals surface area (Å²) in [6.07, 6.45) is 0. The molecule has 0 saturated carbocycles. The maximum Gasteiger partial charge on any atom is 0.348 e. The molecule has 0 spiro atoms. The molecule has 0 bridgehead atoms. The second-order valence-corrected chi connectivity index (χ2v) is 3.84. The molecule has 0 N–H and O–H groups in total. The normalized spacial score (nSPS) is 15.2. The zero-order chi connectivity index (χ0) is 11.8. The highest BCUT2D eigenvalue weighted by Crippen LogP contribution is 2.39. The number of alkyl halides is 3. The van der Waals surface area contributed by atoms with E-state index in [-0.39, 0.29) is 19.0 Å². The van der Waals surface area contributed by atoms with E-state index in [4.69, 9.17) is 21.1 Å². The molecule has 1 aliphatic rings. The summed E-state index contributed by atoms with van der Waals surface area (Å²) in [6.45, 7) is 3.66. The van der Waals surface area contributed by atoms with Crippen molar-refractivity contribution in [1.82, 2.24) is 0 Å². The molecule has 16 heavy (non-hydrogen) atoms. The highest BCUT2D eigenvalue weighted by molar-refractivity contribution is 6.27. The molecule has 0 atom stereocenters. The number of hydrogen-bond acceptors (Lipinski definition) is 2. The Kier molecular flexibility index (Phi) is 2.86. The van der Waals surface area contributed by atoms with Crippen molar-refractivity contribution in [3.63, 3.8) is 0 Å². The first-order valence-corrected chi connectivity index (χ1v) is 4.97. The molecule has 1 aliphatic heterocycles. The van der Waals surface area contributed by atoms with Gasteiger partial charge in [0.1, 0.15) is 5.75 Å². The van der Waals surface area contributed by atoms with Gasteiger partial charge in [-0.1, -0.05) is 18.7 Å². The molecule has 0 aliphatic carbocycles. The van der Waals surface area contributed by atoms with E-state index in [0.717, 1.165) is 0 Å². The van der Waals surface area contributed by atoms with Gasteiger partial charge in [0.05, 0.1) is 6.61 Å². The van der Waals surface area contributed by atoms with E-state index in [0.29, 0.717) is 11.3 Å². The van der Waals surface area contributed by atoms with Crippen molar-refractivity contribution in [1.29, 1.82) is 0 Å². The van der Waals surface area contributed by atoms with E-state index in [1.807, 2.05) is 0 Å². The van der Waals surface area contributed by atoms with Crippen LogP contribution in [0.25, 0.3) is 5.57 Å². The minimum Gasteiger partial charge on any atom is -0.467 e. The van der Waals surface area contributed by atoms with Crippen molar-refractivity contribution in [3.05, 3.63) is 35.9 Å². The van der Waals surface area contributed by atoms with Crippen LogP contribution in [-0.2, 0) is 11.3 Å². The lowest BCUT2D eigenvalue weighted by atomic mass is 10.00. The largest absolute Gasteiger partial charge is 0.467 e. The number of ether oxygens (including phenoxy) is 2. The lowest BCUT2D eigenvalue weighted by Crippen LogP contribution is -2.16. The van der Waals surface area contributed by atoms with Gasteiger partial charge in [-0.05, 0) is 23.2 Å². The predicted octanol–water partition coefficient (Wildman–Crippen LogP) is 3.40. The summed E-state index contributed by atoms with van der Waals surface area (Å²) in [6, 6.07) is 4.84. The summed E-state index contributed by atoms with van der Waals surface area (Å²) in [4.78, 5) is 0. The second-order valence-electron chi connectivity index (χ2n) is 3.37. The van der Waals surface area contributed by atoms with Gasteiger partial charge in [0.15, 0.2) is 6.79 Å². The third kappa shape index (κ3) is 2.03. The molecule has 0 fully saturated rings. The van der Waals surface area contributed by atoms with E-state index in [9.17, 15) is 8.78 Å². The van der Waals surface area contributed by atoms with Gasteiger partial charge in [0.2, 0.25) is 0 Å². The van der Waals surface area contributed by atoms with Crippen LogP contribution in [0.1, 0.15) is 11.1 Å². The molecule has 0 unspecified atom stereocenters. The second kappa shape index (κ2) is 4.03. The fraction of sp³-hybridized carbons (Fsp3) is 0.273. The first-order chi connectivity index (χ1) is 7.50. The summed E-state index contributed by atoms with van der Waals surface area (Å²) in [5.41, 5.74) is 0.386. The fourth-order valence-electron chi connectivity index (χ4n) is 1.53. The zero-order valence-corrected chi connectivity index (χ0v) is 9.06. The first kappa shape index (κ1) is 11.4. The van der Waals surface area contributed by atoms with Crippen molar-refractivity contribution in [2.24, 2.45) is 0 Å². The van der Waals surface area contributed by atoms with Crippen LogP contribution in [0.15, 0.2) is 24.8 Å². The molecule has 1 aromatic carbocycles. The van der Waals surface area contributed by atoms with E-state index in [1.165, 1.54) is 6.07 Å². The highest BCUT2D eigenvalue weighted by atomic mass is 35.5. The van der Waals surface area contributed by atoms with Crippen LogP contribution >= 0.6 is 11.6 Å². The van der Waals surface area contributed by atoms with Gasteiger partial charge in [0.25, 0.3) is 0 Å². The SMILES string of the molecule is C=C(c1cccc2c1COCO2)C(F)(F)Cl. The van der Waals surface area contributed by atoms with E-state index >= 15 is 0 Å². The minimum atomic E-state index is -3.47. The van der Waals surface area contributed by atoms with E-state index in [1.54, 1.807) is 12.1 Å². The van der Waals surface area contributed by atoms with Crippen molar-refractivity contribution >= 4 is 17.2 Å². The van der Waals surface area contributed by atoms with Crippen molar-refractivity contribution in [2.75, 3.05) is 6.79 Å². The Hall–Kier alpha value is -1.13. The van der Waals surface area contributed by atoms with Crippen molar-refractivity contribution in [3.8, 4) is 5.75 Å². The third-order valence-electron chi connectivity index (χ3n) is 2.34. The quantitative estimate of drug-likeness (QED) is 0.745. The molecular weight excluding hydrogens is 238 g/mol. The Bertz CT molecular complexity index is 426. The number of benzene rings is 1. The van der Waals surface area contributed by atoms with Crippen LogP contribution in [0.2, 0.25) is 0 Å². The number of hydrogen-bond donors (Lipinski definition) is 0. The molecule has 5 heteroatoms. The smallest absolute Gasteiger partial charge is 0.348 e. The summed E-state index contributed by atoms with van der Waals surface area (Å²) in [7, 11) is 0. The summed E-state index contributed by atoms with van der Waals surface area (Å²) >= 11 is 4.95. The molecule has 1 heterocycles. The predicted molar refractivity (Wildman–Crippen MR) is 56.6 cm³/mol.